The number of nitrogen functional groups attached to an aromatic ring is 1. The molecule has 152 valence electrons. The zero-order valence-corrected chi connectivity index (χ0v) is 15.9. The van der Waals surface area contributed by atoms with Gasteiger partial charge in [0.1, 0.15) is 15.5 Å². The SMILES string of the molecule is COc1cc(-c2nc(NC3CC3)nc3sc(C(N)=O)c(N)c23)ccc1C(F)(F)F. The highest BCUT2D eigenvalue weighted by atomic mass is 32.1. The van der Waals surface area contributed by atoms with Crippen LogP contribution in [0.15, 0.2) is 18.2 Å². The molecule has 0 aliphatic heterocycles. The molecule has 1 saturated carbocycles. The minimum Gasteiger partial charge on any atom is -0.496 e. The van der Waals surface area contributed by atoms with Crippen molar-refractivity contribution in [2.75, 3.05) is 18.2 Å². The fourth-order valence-corrected chi connectivity index (χ4v) is 3.91. The van der Waals surface area contributed by atoms with Crippen molar-refractivity contribution in [2.45, 2.75) is 25.1 Å². The number of thiophene rings is 1. The van der Waals surface area contributed by atoms with Crippen LogP contribution in [0.2, 0.25) is 0 Å². The highest BCUT2D eigenvalue weighted by Gasteiger charge is 2.34. The van der Waals surface area contributed by atoms with Crippen LogP contribution in [0.4, 0.5) is 24.8 Å². The van der Waals surface area contributed by atoms with E-state index in [4.69, 9.17) is 16.2 Å². The summed E-state index contributed by atoms with van der Waals surface area (Å²) in [6.45, 7) is 0. The number of hydrogen-bond acceptors (Lipinski definition) is 7. The van der Waals surface area contributed by atoms with Crippen molar-refractivity contribution in [1.82, 2.24) is 9.97 Å². The number of nitrogens with one attached hydrogen (secondary N) is 1. The van der Waals surface area contributed by atoms with Crippen molar-refractivity contribution in [3.8, 4) is 17.0 Å². The number of carbonyl (C=O) groups excluding carboxylic acids is 1. The Morgan fingerprint density at radius 2 is 2.03 bits per heavy atom. The fourth-order valence-electron chi connectivity index (χ4n) is 2.96. The molecular formula is C18H16F3N5O2S. The number of methoxy groups -OCH3 is 1. The molecule has 1 fully saturated rings. The molecule has 2 heterocycles. The smallest absolute Gasteiger partial charge is 0.419 e. The van der Waals surface area contributed by atoms with Gasteiger partial charge in [0.05, 0.1) is 29.4 Å². The molecule has 29 heavy (non-hydrogen) atoms. The maximum absolute atomic E-state index is 13.2. The number of carbonyl (C=O) groups is 1. The average molecular weight is 423 g/mol. The number of rotatable bonds is 5. The third-order valence-corrected chi connectivity index (χ3v) is 5.62. The van der Waals surface area contributed by atoms with Crippen LogP contribution in [-0.4, -0.2) is 29.0 Å². The van der Waals surface area contributed by atoms with Gasteiger partial charge >= 0.3 is 6.18 Å². The van der Waals surface area contributed by atoms with E-state index in [0.717, 1.165) is 37.4 Å². The number of ether oxygens (including phenoxy) is 1. The van der Waals surface area contributed by atoms with Gasteiger partial charge in [0, 0.05) is 11.6 Å². The third kappa shape index (κ3) is 3.53. The van der Waals surface area contributed by atoms with Gasteiger partial charge in [0.25, 0.3) is 5.91 Å². The first-order chi connectivity index (χ1) is 13.7. The number of fused-ring (bicyclic) bond motifs is 1. The van der Waals surface area contributed by atoms with Gasteiger partial charge in [-0.15, -0.1) is 11.3 Å². The first kappa shape index (κ1) is 19.2. The zero-order valence-electron chi connectivity index (χ0n) is 15.1. The molecule has 0 spiro atoms. The summed E-state index contributed by atoms with van der Waals surface area (Å²) < 4.78 is 44.6. The number of anilines is 2. The molecule has 1 amide bonds. The van der Waals surface area contributed by atoms with Gasteiger partial charge in [0.15, 0.2) is 0 Å². The zero-order chi connectivity index (χ0) is 20.9. The molecule has 0 bridgehead atoms. The van der Waals surface area contributed by atoms with Crippen LogP contribution in [0.3, 0.4) is 0 Å². The molecule has 2 aromatic heterocycles. The Labute approximate surface area is 166 Å². The van der Waals surface area contributed by atoms with Crippen LogP contribution in [0.1, 0.15) is 28.1 Å². The molecule has 3 aromatic rings. The Kier molecular flexibility index (Phi) is 4.49. The van der Waals surface area contributed by atoms with E-state index in [0.29, 0.717) is 27.4 Å². The predicted octanol–water partition coefficient (Wildman–Crippen LogP) is 3.64. The molecule has 11 heteroatoms. The van der Waals surface area contributed by atoms with Crippen LogP contribution in [0, 0.1) is 0 Å². The van der Waals surface area contributed by atoms with Crippen molar-refractivity contribution in [1.29, 1.82) is 0 Å². The first-order valence-corrected chi connectivity index (χ1v) is 9.42. The average Bonchev–Trinajstić information content (AvgIpc) is 3.41. The van der Waals surface area contributed by atoms with Crippen molar-refractivity contribution >= 4 is 39.1 Å². The van der Waals surface area contributed by atoms with Crippen LogP contribution in [0.5, 0.6) is 5.75 Å². The van der Waals surface area contributed by atoms with Crippen molar-refractivity contribution in [3.05, 3.63) is 28.6 Å². The summed E-state index contributed by atoms with van der Waals surface area (Å²) in [5.74, 6) is -0.744. The summed E-state index contributed by atoms with van der Waals surface area (Å²) in [5, 5.41) is 3.52. The Bertz CT molecular complexity index is 1120. The normalized spacial score (nSPS) is 14.2. The molecule has 1 aliphatic rings. The molecular weight excluding hydrogens is 407 g/mol. The lowest BCUT2D eigenvalue weighted by atomic mass is 10.0. The Morgan fingerprint density at radius 1 is 1.31 bits per heavy atom. The van der Waals surface area contributed by atoms with Crippen molar-refractivity contribution in [3.63, 3.8) is 0 Å². The monoisotopic (exact) mass is 423 g/mol. The van der Waals surface area contributed by atoms with Gasteiger partial charge in [-0.25, -0.2) is 9.97 Å². The van der Waals surface area contributed by atoms with E-state index >= 15 is 0 Å². The van der Waals surface area contributed by atoms with Gasteiger partial charge < -0.3 is 21.5 Å². The summed E-state index contributed by atoms with van der Waals surface area (Å²) in [6.07, 6.45) is -2.61. The Hall–Kier alpha value is -3.08. The highest BCUT2D eigenvalue weighted by Crippen LogP contribution is 2.42. The second-order valence-corrected chi connectivity index (χ2v) is 7.62. The summed E-state index contributed by atoms with van der Waals surface area (Å²) >= 11 is 1.02. The van der Waals surface area contributed by atoms with Crippen molar-refractivity contribution < 1.29 is 22.7 Å². The van der Waals surface area contributed by atoms with E-state index in [1.54, 1.807) is 0 Å². The van der Waals surface area contributed by atoms with E-state index in [9.17, 15) is 18.0 Å². The summed E-state index contributed by atoms with van der Waals surface area (Å²) in [6, 6.07) is 3.70. The number of nitrogens with zero attached hydrogens (tertiary/aromatic N) is 2. The second kappa shape index (κ2) is 6.76. The maximum Gasteiger partial charge on any atom is 0.419 e. The number of primary amides is 1. The van der Waals surface area contributed by atoms with E-state index in [-0.39, 0.29) is 22.4 Å². The lowest BCUT2D eigenvalue weighted by Crippen LogP contribution is -2.11. The van der Waals surface area contributed by atoms with Crippen LogP contribution in [-0.2, 0) is 6.18 Å². The van der Waals surface area contributed by atoms with Gasteiger partial charge in [-0.05, 0) is 25.0 Å². The number of amides is 1. The van der Waals surface area contributed by atoms with Gasteiger partial charge in [-0.2, -0.15) is 13.2 Å². The fraction of sp³-hybridized carbons (Fsp3) is 0.278. The molecule has 0 unspecified atom stereocenters. The van der Waals surface area contributed by atoms with E-state index < -0.39 is 17.6 Å². The molecule has 0 radical (unpaired) electrons. The van der Waals surface area contributed by atoms with Crippen LogP contribution in [0.25, 0.3) is 21.5 Å². The highest BCUT2D eigenvalue weighted by molar-refractivity contribution is 7.21. The van der Waals surface area contributed by atoms with Gasteiger partial charge in [-0.1, -0.05) is 6.07 Å². The largest absolute Gasteiger partial charge is 0.496 e. The van der Waals surface area contributed by atoms with E-state index in [2.05, 4.69) is 15.3 Å². The molecule has 5 N–H and O–H groups in total. The quantitative estimate of drug-likeness (QED) is 0.577. The van der Waals surface area contributed by atoms with Gasteiger partial charge in [0.2, 0.25) is 5.95 Å². The van der Waals surface area contributed by atoms with E-state index in [1.165, 1.54) is 12.1 Å². The van der Waals surface area contributed by atoms with Gasteiger partial charge in [-0.3, -0.25) is 4.79 Å². The molecule has 7 nitrogen and oxygen atoms in total. The maximum atomic E-state index is 13.2. The molecule has 4 rings (SSSR count). The Morgan fingerprint density at radius 3 is 2.62 bits per heavy atom. The number of aromatic nitrogens is 2. The van der Waals surface area contributed by atoms with Crippen LogP contribution >= 0.6 is 11.3 Å². The van der Waals surface area contributed by atoms with Crippen LogP contribution < -0.4 is 21.5 Å². The lowest BCUT2D eigenvalue weighted by molar-refractivity contribution is -0.138. The summed E-state index contributed by atoms with van der Waals surface area (Å²) in [5.41, 5.74) is 11.3. The number of hydrogen-bond donors (Lipinski definition) is 3. The topological polar surface area (TPSA) is 116 Å². The standard InChI is InChI=1S/C18H16F3N5O2S/c1-28-10-6-7(2-5-9(10)18(19,20)21)13-11-12(22)14(15(23)27)29-16(11)26-17(25-13)24-8-3-4-8/h2,5-6,8H,3-4,22H2,1H3,(H2,23,27)(H,24,25,26). The molecule has 1 aromatic carbocycles. The minimum absolute atomic E-state index is 0.101. The number of nitrogens with two attached hydrogens (primary N) is 2. The Balaban J connectivity index is 1.94. The number of benzene rings is 1. The molecule has 0 saturated heterocycles. The number of alkyl halides is 3. The number of halogens is 3. The minimum atomic E-state index is -4.57. The lowest BCUT2D eigenvalue weighted by Gasteiger charge is -2.14. The third-order valence-electron chi connectivity index (χ3n) is 4.50. The predicted molar refractivity (Wildman–Crippen MR) is 104 cm³/mol. The molecule has 1 aliphatic carbocycles. The summed E-state index contributed by atoms with van der Waals surface area (Å²) in [7, 11) is 1.16. The van der Waals surface area contributed by atoms with Crippen molar-refractivity contribution in [2.24, 2.45) is 5.73 Å². The molecule has 0 atom stereocenters. The van der Waals surface area contributed by atoms with E-state index in [1.807, 2.05) is 0 Å². The second-order valence-electron chi connectivity index (χ2n) is 6.62. The summed E-state index contributed by atoms with van der Waals surface area (Å²) in [4.78, 5) is 21.1. The first-order valence-electron chi connectivity index (χ1n) is 8.61.